The molecule has 33 heavy (non-hydrogen) atoms. The van der Waals surface area contributed by atoms with Gasteiger partial charge in [-0.1, -0.05) is 18.2 Å². The van der Waals surface area contributed by atoms with Gasteiger partial charge in [-0.3, -0.25) is 4.79 Å². The Labute approximate surface area is 193 Å². The van der Waals surface area contributed by atoms with Crippen LogP contribution in [0.4, 0.5) is 10.2 Å². The van der Waals surface area contributed by atoms with Crippen LogP contribution in [0.2, 0.25) is 0 Å². The van der Waals surface area contributed by atoms with E-state index in [4.69, 9.17) is 4.98 Å². The number of halogens is 1. The number of hydrogen-bond acceptors (Lipinski definition) is 5. The molecule has 0 spiro atoms. The Morgan fingerprint density at radius 2 is 1.88 bits per heavy atom. The van der Waals surface area contributed by atoms with Crippen LogP contribution in [-0.2, 0) is 4.79 Å². The number of benzene rings is 1. The molecule has 7 heteroatoms. The number of amides is 1. The van der Waals surface area contributed by atoms with Gasteiger partial charge in [0.25, 0.3) is 0 Å². The van der Waals surface area contributed by atoms with Crippen molar-refractivity contribution in [2.45, 2.75) is 68.2 Å². The van der Waals surface area contributed by atoms with Crippen LogP contribution in [0.5, 0.6) is 0 Å². The van der Waals surface area contributed by atoms with Crippen LogP contribution in [0.25, 0.3) is 10.9 Å². The lowest BCUT2D eigenvalue weighted by Gasteiger charge is -2.62. The number of rotatable bonds is 5. The summed E-state index contributed by atoms with van der Waals surface area (Å²) < 4.78 is 13.8. The molecule has 172 valence electrons. The number of nitrogens with one attached hydrogen (secondary N) is 2. The molecule has 2 aromatic rings. The van der Waals surface area contributed by atoms with Gasteiger partial charge in [-0.2, -0.15) is 5.26 Å². The first-order valence-corrected chi connectivity index (χ1v) is 12.2. The highest BCUT2D eigenvalue weighted by Crippen LogP contribution is 2.58. The summed E-state index contributed by atoms with van der Waals surface area (Å²) in [4.78, 5) is 19.2. The highest BCUT2D eigenvalue weighted by molar-refractivity contribution is 5.80. The number of hydrogen-bond donors (Lipinski definition) is 2. The lowest BCUT2D eigenvalue weighted by Crippen LogP contribution is -2.67. The highest BCUT2D eigenvalue weighted by atomic mass is 19.1. The smallest absolute Gasteiger partial charge is 0.237 e. The molecule has 7 rings (SSSR count). The summed E-state index contributed by atoms with van der Waals surface area (Å²) in [6, 6.07) is 13.8. The zero-order valence-corrected chi connectivity index (χ0v) is 18.8. The van der Waals surface area contributed by atoms with E-state index in [0.29, 0.717) is 11.8 Å². The molecule has 5 aliphatic rings. The van der Waals surface area contributed by atoms with Gasteiger partial charge in [0, 0.05) is 22.9 Å². The van der Waals surface area contributed by atoms with E-state index in [9.17, 15) is 14.4 Å². The third-order valence-electron chi connectivity index (χ3n) is 8.39. The van der Waals surface area contributed by atoms with Crippen LogP contribution >= 0.6 is 0 Å². The van der Waals surface area contributed by atoms with Crippen molar-refractivity contribution in [1.82, 2.24) is 15.2 Å². The van der Waals surface area contributed by atoms with E-state index in [1.54, 1.807) is 0 Å². The Kier molecular flexibility index (Phi) is 4.84. The molecular formula is C26H30FN5O. The fourth-order valence-electron chi connectivity index (χ4n) is 7.57. The van der Waals surface area contributed by atoms with Crippen LogP contribution in [-0.4, -0.2) is 52.2 Å². The van der Waals surface area contributed by atoms with Gasteiger partial charge in [-0.25, -0.2) is 9.37 Å². The maximum Gasteiger partial charge on any atom is 0.237 e. The molecule has 4 aliphatic carbocycles. The number of nitrogens with zero attached hydrogens (tertiary/aromatic N) is 3. The number of nitriles is 1. The molecule has 2 unspecified atom stereocenters. The van der Waals surface area contributed by atoms with E-state index < -0.39 is 12.2 Å². The van der Waals surface area contributed by atoms with Gasteiger partial charge in [-0.15, -0.1) is 0 Å². The first-order valence-electron chi connectivity index (χ1n) is 12.2. The summed E-state index contributed by atoms with van der Waals surface area (Å²) in [6.07, 6.45) is 5.70. The molecule has 1 saturated heterocycles. The fraction of sp³-hybridized carbons (Fsp3) is 0.577. The summed E-state index contributed by atoms with van der Waals surface area (Å²) in [6.45, 7) is 0.213. The Bertz CT molecular complexity index is 1120. The molecule has 1 aromatic heterocycles. The van der Waals surface area contributed by atoms with Crippen molar-refractivity contribution in [3.63, 3.8) is 0 Å². The second-order valence-corrected chi connectivity index (χ2v) is 10.9. The predicted octanol–water partition coefficient (Wildman–Crippen LogP) is 3.79. The van der Waals surface area contributed by atoms with E-state index in [-0.39, 0.29) is 36.5 Å². The first kappa shape index (κ1) is 20.9. The van der Waals surface area contributed by atoms with Gasteiger partial charge >= 0.3 is 0 Å². The summed E-state index contributed by atoms with van der Waals surface area (Å²) in [5.41, 5.74) is 0.901. The second kappa shape index (κ2) is 7.66. The van der Waals surface area contributed by atoms with Crippen molar-refractivity contribution in [2.75, 3.05) is 18.4 Å². The SMILES string of the molecule is N#C[C@@H]1C[C@H](F)CN1C(=O)CNC12CC3CC(C1)CC(Nc1ccc4ccccc4n1)(C3)C2. The van der Waals surface area contributed by atoms with Crippen molar-refractivity contribution in [3.8, 4) is 6.07 Å². The molecule has 4 saturated carbocycles. The highest BCUT2D eigenvalue weighted by Gasteiger charge is 2.58. The molecule has 1 amide bonds. The minimum Gasteiger partial charge on any atom is -0.365 e. The van der Waals surface area contributed by atoms with Gasteiger partial charge in [0.05, 0.1) is 24.7 Å². The van der Waals surface area contributed by atoms with Crippen molar-refractivity contribution in [1.29, 1.82) is 5.26 Å². The van der Waals surface area contributed by atoms with Gasteiger partial charge in [-0.05, 0) is 68.6 Å². The number of para-hydroxylation sites is 1. The Morgan fingerprint density at radius 1 is 1.12 bits per heavy atom. The van der Waals surface area contributed by atoms with Crippen LogP contribution in [0.3, 0.4) is 0 Å². The van der Waals surface area contributed by atoms with Crippen molar-refractivity contribution in [3.05, 3.63) is 36.4 Å². The molecule has 1 aliphatic heterocycles. The van der Waals surface area contributed by atoms with Crippen LogP contribution < -0.4 is 10.6 Å². The average Bonchev–Trinajstić information content (AvgIpc) is 3.17. The number of carbonyl (C=O) groups is 1. The maximum absolute atomic E-state index is 13.8. The topological polar surface area (TPSA) is 81.0 Å². The third kappa shape index (κ3) is 3.74. The summed E-state index contributed by atoms with van der Waals surface area (Å²) >= 11 is 0. The van der Waals surface area contributed by atoms with E-state index >= 15 is 0 Å². The Balaban J connectivity index is 1.19. The summed E-state index contributed by atoms with van der Waals surface area (Å²) in [5.74, 6) is 2.03. The van der Waals surface area contributed by atoms with Gasteiger partial charge in [0.15, 0.2) is 0 Å². The number of anilines is 1. The largest absolute Gasteiger partial charge is 0.365 e. The maximum atomic E-state index is 13.8. The predicted molar refractivity (Wildman–Crippen MR) is 124 cm³/mol. The molecule has 4 atom stereocenters. The minimum atomic E-state index is -1.10. The van der Waals surface area contributed by atoms with Crippen molar-refractivity contribution < 1.29 is 9.18 Å². The van der Waals surface area contributed by atoms with E-state index in [2.05, 4.69) is 34.9 Å². The molecule has 0 radical (unpaired) electrons. The Hall–Kier alpha value is -2.72. The molecule has 6 nitrogen and oxygen atoms in total. The van der Waals surface area contributed by atoms with Gasteiger partial charge in [0.2, 0.25) is 5.91 Å². The van der Waals surface area contributed by atoms with Crippen molar-refractivity contribution in [2.24, 2.45) is 11.8 Å². The normalized spacial score (nSPS) is 36.8. The minimum absolute atomic E-state index is 0.0115. The number of pyridine rings is 1. The average molecular weight is 448 g/mol. The zero-order valence-electron chi connectivity index (χ0n) is 18.8. The molecule has 4 bridgehead atoms. The third-order valence-corrected chi connectivity index (χ3v) is 8.39. The zero-order chi connectivity index (χ0) is 22.6. The quantitative estimate of drug-likeness (QED) is 0.729. The van der Waals surface area contributed by atoms with Gasteiger partial charge in [0.1, 0.15) is 18.0 Å². The number of aromatic nitrogens is 1. The van der Waals surface area contributed by atoms with Crippen molar-refractivity contribution >= 4 is 22.6 Å². The number of alkyl halides is 1. The van der Waals surface area contributed by atoms with Gasteiger partial charge < -0.3 is 15.5 Å². The van der Waals surface area contributed by atoms with E-state index in [1.807, 2.05) is 18.2 Å². The van der Waals surface area contributed by atoms with E-state index in [1.165, 1.54) is 11.3 Å². The summed E-state index contributed by atoms with van der Waals surface area (Å²) in [5, 5.41) is 17.9. The molecule has 5 fully saturated rings. The molecule has 2 N–H and O–H groups in total. The molecule has 1 aromatic carbocycles. The molecular weight excluding hydrogens is 417 g/mol. The lowest BCUT2D eigenvalue weighted by atomic mass is 9.50. The summed E-state index contributed by atoms with van der Waals surface area (Å²) in [7, 11) is 0. The second-order valence-electron chi connectivity index (χ2n) is 10.9. The Morgan fingerprint density at radius 3 is 2.67 bits per heavy atom. The van der Waals surface area contributed by atoms with Crippen LogP contribution in [0.1, 0.15) is 44.9 Å². The lowest BCUT2D eigenvalue weighted by molar-refractivity contribution is -0.131. The van der Waals surface area contributed by atoms with Crippen LogP contribution in [0.15, 0.2) is 36.4 Å². The van der Waals surface area contributed by atoms with Crippen LogP contribution in [0, 0.1) is 23.2 Å². The fourth-order valence-corrected chi connectivity index (χ4v) is 7.57. The number of fused-ring (bicyclic) bond motifs is 1. The standard InChI is InChI=1S/C26H30FN5O/c27-20-8-21(13-28)32(15-20)24(33)14-29-25-9-17-7-18(10-25)12-26(11-17,16-25)31-23-6-5-19-3-1-2-4-22(19)30-23/h1-6,17-18,20-21,29H,7-12,14-16H2,(H,30,31)/t17?,18?,20-,21-,25?,26?/m0/s1. The first-order chi connectivity index (χ1) is 15.9. The number of likely N-dealkylation sites (tertiary alicyclic amines) is 1. The number of carbonyl (C=O) groups excluding carboxylic acids is 1. The monoisotopic (exact) mass is 447 g/mol. The van der Waals surface area contributed by atoms with E-state index in [0.717, 1.165) is 48.8 Å². The molecule has 2 heterocycles.